The third kappa shape index (κ3) is 2.96. The third-order valence-corrected chi connectivity index (χ3v) is 4.25. The lowest BCUT2D eigenvalue weighted by Gasteiger charge is -2.29. The SMILES string of the molecule is COc1cccc(C2NC(C(=O)O)CCS2)c1OC. The van der Waals surface area contributed by atoms with E-state index in [1.807, 2.05) is 18.2 Å². The van der Waals surface area contributed by atoms with Crippen molar-refractivity contribution in [3.63, 3.8) is 0 Å². The Hall–Kier alpha value is -1.40. The molecule has 1 aliphatic rings. The molecule has 5 nitrogen and oxygen atoms in total. The van der Waals surface area contributed by atoms with E-state index in [2.05, 4.69) is 5.32 Å². The summed E-state index contributed by atoms with van der Waals surface area (Å²) < 4.78 is 10.7. The maximum atomic E-state index is 11.1. The molecule has 0 bridgehead atoms. The van der Waals surface area contributed by atoms with E-state index in [0.29, 0.717) is 17.9 Å². The normalized spacial score (nSPS) is 22.8. The molecule has 2 unspecified atom stereocenters. The first-order chi connectivity index (χ1) is 9.17. The molecule has 19 heavy (non-hydrogen) atoms. The molecule has 6 heteroatoms. The molecule has 2 atom stereocenters. The highest BCUT2D eigenvalue weighted by atomic mass is 32.2. The van der Waals surface area contributed by atoms with E-state index < -0.39 is 12.0 Å². The van der Waals surface area contributed by atoms with E-state index in [9.17, 15) is 4.79 Å². The first-order valence-electron chi connectivity index (χ1n) is 5.98. The minimum absolute atomic E-state index is 0.0973. The molecule has 0 saturated carbocycles. The average molecular weight is 283 g/mol. The van der Waals surface area contributed by atoms with Gasteiger partial charge in [0.05, 0.1) is 19.6 Å². The molecule has 1 aromatic carbocycles. The molecule has 0 radical (unpaired) electrons. The lowest BCUT2D eigenvalue weighted by atomic mass is 10.1. The van der Waals surface area contributed by atoms with Crippen LogP contribution in [0.5, 0.6) is 11.5 Å². The van der Waals surface area contributed by atoms with Gasteiger partial charge < -0.3 is 14.6 Å². The number of carboxylic acid groups (broad SMARTS) is 1. The molecule has 1 heterocycles. The van der Waals surface area contributed by atoms with Crippen LogP contribution in [0.25, 0.3) is 0 Å². The molecule has 1 saturated heterocycles. The maximum Gasteiger partial charge on any atom is 0.320 e. The van der Waals surface area contributed by atoms with Crippen LogP contribution in [-0.2, 0) is 4.79 Å². The van der Waals surface area contributed by atoms with Crippen LogP contribution in [0, 0.1) is 0 Å². The van der Waals surface area contributed by atoms with Crippen molar-refractivity contribution in [2.75, 3.05) is 20.0 Å². The van der Waals surface area contributed by atoms with Crippen LogP contribution < -0.4 is 14.8 Å². The Bertz CT molecular complexity index is 466. The third-order valence-electron chi connectivity index (χ3n) is 3.06. The van der Waals surface area contributed by atoms with Gasteiger partial charge >= 0.3 is 5.97 Å². The second-order valence-electron chi connectivity index (χ2n) is 4.18. The second kappa shape index (κ2) is 6.16. The monoisotopic (exact) mass is 283 g/mol. The Morgan fingerprint density at radius 2 is 2.21 bits per heavy atom. The van der Waals surface area contributed by atoms with Crippen LogP contribution in [0.2, 0.25) is 0 Å². The summed E-state index contributed by atoms with van der Waals surface area (Å²) in [6.45, 7) is 0. The molecular weight excluding hydrogens is 266 g/mol. The van der Waals surface area contributed by atoms with Gasteiger partial charge in [0.1, 0.15) is 6.04 Å². The van der Waals surface area contributed by atoms with E-state index in [1.54, 1.807) is 26.0 Å². The summed E-state index contributed by atoms with van der Waals surface area (Å²) in [7, 11) is 3.17. The predicted molar refractivity (Wildman–Crippen MR) is 73.9 cm³/mol. The van der Waals surface area contributed by atoms with Crippen molar-refractivity contribution in [2.24, 2.45) is 0 Å². The summed E-state index contributed by atoms with van der Waals surface area (Å²) >= 11 is 1.68. The van der Waals surface area contributed by atoms with E-state index >= 15 is 0 Å². The molecule has 1 aromatic rings. The Morgan fingerprint density at radius 1 is 1.42 bits per heavy atom. The average Bonchev–Trinajstić information content (AvgIpc) is 2.46. The van der Waals surface area contributed by atoms with Gasteiger partial charge in [-0.2, -0.15) is 0 Å². The Morgan fingerprint density at radius 3 is 2.84 bits per heavy atom. The summed E-state index contributed by atoms with van der Waals surface area (Å²) in [4.78, 5) is 11.1. The van der Waals surface area contributed by atoms with E-state index in [1.165, 1.54) is 0 Å². The highest BCUT2D eigenvalue weighted by Gasteiger charge is 2.29. The van der Waals surface area contributed by atoms with Crippen LogP contribution in [-0.4, -0.2) is 37.1 Å². The van der Waals surface area contributed by atoms with E-state index in [4.69, 9.17) is 14.6 Å². The van der Waals surface area contributed by atoms with Gasteiger partial charge in [-0.3, -0.25) is 10.1 Å². The number of ether oxygens (including phenoxy) is 2. The summed E-state index contributed by atoms with van der Waals surface area (Å²) in [6, 6.07) is 5.12. The number of rotatable bonds is 4. The largest absolute Gasteiger partial charge is 0.493 e. The van der Waals surface area contributed by atoms with Crippen LogP contribution >= 0.6 is 11.8 Å². The second-order valence-corrected chi connectivity index (χ2v) is 5.39. The molecule has 104 valence electrons. The minimum atomic E-state index is -0.813. The summed E-state index contributed by atoms with van der Waals surface area (Å²) in [6.07, 6.45) is 0.628. The Labute approximate surface area is 116 Å². The van der Waals surface area contributed by atoms with Crippen molar-refractivity contribution in [1.29, 1.82) is 0 Å². The summed E-state index contributed by atoms with van der Waals surface area (Å²) in [5, 5.41) is 12.1. The quantitative estimate of drug-likeness (QED) is 0.879. The first-order valence-corrected chi connectivity index (χ1v) is 7.03. The van der Waals surface area contributed by atoms with Crippen molar-refractivity contribution in [1.82, 2.24) is 5.32 Å². The number of hydrogen-bond donors (Lipinski definition) is 2. The highest BCUT2D eigenvalue weighted by molar-refractivity contribution is 7.99. The van der Waals surface area contributed by atoms with Crippen molar-refractivity contribution >= 4 is 17.7 Å². The molecule has 1 aliphatic heterocycles. The lowest BCUT2D eigenvalue weighted by Crippen LogP contribution is -2.41. The predicted octanol–water partition coefficient (Wildman–Crippen LogP) is 1.88. The van der Waals surface area contributed by atoms with E-state index in [0.717, 1.165) is 11.3 Å². The van der Waals surface area contributed by atoms with Crippen molar-refractivity contribution in [2.45, 2.75) is 17.8 Å². The fraction of sp³-hybridized carbons (Fsp3) is 0.462. The zero-order chi connectivity index (χ0) is 13.8. The van der Waals surface area contributed by atoms with Crippen LogP contribution in [0.3, 0.4) is 0 Å². The van der Waals surface area contributed by atoms with Crippen molar-refractivity contribution in [3.05, 3.63) is 23.8 Å². The van der Waals surface area contributed by atoms with Crippen LogP contribution in [0.15, 0.2) is 18.2 Å². The summed E-state index contributed by atoms with van der Waals surface area (Å²) in [5.74, 6) is 1.29. The standard InChI is InChI=1S/C13H17NO4S/c1-17-10-5-3-4-8(11(10)18-2)12-14-9(13(15)16)6-7-19-12/h3-5,9,12,14H,6-7H2,1-2H3,(H,15,16). The number of methoxy groups -OCH3 is 2. The number of hydrogen-bond acceptors (Lipinski definition) is 5. The smallest absolute Gasteiger partial charge is 0.320 e. The molecule has 0 aromatic heterocycles. The molecule has 0 amide bonds. The van der Waals surface area contributed by atoms with Gasteiger partial charge in [-0.15, -0.1) is 11.8 Å². The van der Waals surface area contributed by atoms with Crippen molar-refractivity contribution in [3.8, 4) is 11.5 Å². The number of benzene rings is 1. The fourth-order valence-corrected chi connectivity index (χ4v) is 3.34. The zero-order valence-electron chi connectivity index (χ0n) is 10.9. The summed E-state index contributed by atoms with van der Waals surface area (Å²) in [5.41, 5.74) is 0.915. The minimum Gasteiger partial charge on any atom is -0.493 e. The molecule has 1 fully saturated rings. The van der Waals surface area contributed by atoms with E-state index in [-0.39, 0.29) is 5.37 Å². The number of carbonyl (C=O) groups is 1. The number of carboxylic acids is 1. The number of thioether (sulfide) groups is 1. The topological polar surface area (TPSA) is 67.8 Å². The highest BCUT2D eigenvalue weighted by Crippen LogP contribution is 2.41. The lowest BCUT2D eigenvalue weighted by molar-refractivity contribution is -0.139. The molecule has 2 rings (SSSR count). The van der Waals surface area contributed by atoms with Gasteiger partial charge in [0.25, 0.3) is 0 Å². The van der Waals surface area contributed by atoms with Crippen LogP contribution in [0.1, 0.15) is 17.4 Å². The first kappa shape index (κ1) is 14.0. The fourth-order valence-electron chi connectivity index (χ4n) is 2.11. The Kier molecular flexibility index (Phi) is 4.55. The molecular formula is C13H17NO4S. The van der Waals surface area contributed by atoms with Gasteiger partial charge in [-0.05, 0) is 18.2 Å². The number of aliphatic carboxylic acids is 1. The Balaban J connectivity index is 2.28. The molecule has 0 aliphatic carbocycles. The molecule has 2 N–H and O–H groups in total. The number of nitrogens with one attached hydrogen (secondary N) is 1. The maximum absolute atomic E-state index is 11.1. The van der Waals surface area contributed by atoms with Gasteiger partial charge in [0.15, 0.2) is 11.5 Å². The van der Waals surface area contributed by atoms with Crippen LogP contribution in [0.4, 0.5) is 0 Å². The van der Waals surface area contributed by atoms with Gasteiger partial charge in [0.2, 0.25) is 0 Å². The number of para-hydroxylation sites is 1. The molecule has 0 spiro atoms. The van der Waals surface area contributed by atoms with Gasteiger partial charge in [0, 0.05) is 5.56 Å². The van der Waals surface area contributed by atoms with Gasteiger partial charge in [-0.1, -0.05) is 12.1 Å². The van der Waals surface area contributed by atoms with Crippen molar-refractivity contribution < 1.29 is 19.4 Å². The van der Waals surface area contributed by atoms with Gasteiger partial charge in [-0.25, -0.2) is 0 Å². The zero-order valence-corrected chi connectivity index (χ0v) is 11.7.